The van der Waals surface area contributed by atoms with Crippen molar-refractivity contribution in [1.82, 2.24) is 9.55 Å². The minimum atomic E-state index is 0.654. The maximum absolute atomic E-state index is 9.12. The number of benzene rings is 1. The number of nitriles is 1. The van der Waals surface area contributed by atoms with Gasteiger partial charge in [0.15, 0.2) is 0 Å². The van der Waals surface area contributed by atoms with Gasteiger partial charge >= 0.3 is 0 Å². The second kappa shape index (κ2) is 5.24. The molecule has 0 saturated carbocycles. The minimum Gasteiger partial charge on any atom is -0.323 e. The van der Waals surface area contributed by atoms with Crippen LogP contribution in [0, 0.1) is 18.3 Å². The fraction of sp³-hybridized carbons (Fsp3) is 0.286. The number of aromatic nitrogens is 2. The van der Waals surface area contributed by atoms with Crippen LogP contribution in [-0.4, -0.2) is 9.55 Å². The molecule has 2 rings (SSSR count). The lowest BCUT2D eigenvalue weighted by molar-refractivity contribution is 0.844. The Kier molecular flexibility index (Phi) is 3.69. The molecule has 0 bridgehead atoms. The summed E-state index contributed by atoms with van der Waals surface area (Å²) in [6.45, 7) is 1.91. The molecular formula is C14H14ClN3. The van der Waals surface area contributed by atoms with E-state index in [0.29, 0.717) is 5.69 Å². The second-order valence-electron chi connectivity index (χ2n) is 4.25. The number of halogens is 1. The van der Waals surface area contributed by atoms with Crippen LogP contribution in [0.5, 0.6) is 0 Å². The molecule has 1 aromatic carbocycles. The highest BCUT2D eigenvalue weighted by atomic mass is 35.5. The van der Waals surface area contributed by atoms with E-state index in [2.05, 4.69) is 11.1 Å². The van der Waals surface area contributed by atoms with Crippen LogP contribution in [0.25, 0.3) is 0 Å². The molecule has 0 N–H and O–H groups in total. The Morgan fingerprint density at radius 2 is 1.94 bits per heavy atom. The van der Waals surface area contributed by atoms with Gasteiger partial charge in [0.25, 0.3) is 0 Å². The number of aryl methyl sites for hydroxylation is 3. The predicted octanol–water partition coefficient (Wildman–Crippen LogP) is 3.04. The van der Waals surface area contributed by atoms with Gasteiger partial charge in [-0.25, -0.2) is 4.98 Å². The van der Waals surface area contributed by atoms with Gasteiger partial charge in [0, 0.05) is 12.1 Å². The number of rotatable bonds is 3. The van der Waals surface area contributed by atoms with E-state index in [0.717, 1.165) is 29.4 Å². The summed E-state index contributed by atoms with van der Waals surface area (Å²) in [4.78, 5) is 4.43. The summed E-state index contributed by atoms with van der Waals surface area (Å²) in [7, 11) is 1.87. The highest BCUT2D eigenvalue weighted by molar-refractivity contribution is 6.30. The molecule has 0 spiro atoms. The summed E-state index contributed by atoms with van der Waals surface area (Å²) in [5.74, 6) is 0.873. The molecule has 18 heavy (non-hydrogen) atoms. The number of hydrogen-bond donors (Lipinski definition) is 0. The maximum atomic E-state index is 9.12. The lowest BCUT2D eigenvalue weighted by Crippen LogP contribution is -1.97. The average Bonchev–Trinajstić information content (AvgIpc) is 2.64. The highest BCUT2D eigenvalue weighted by Gasteiger charge is 2.11. The van der Waals surface area contributed by atoms with Gasteiger partial charge in [0.2, 0.25) is 0 Å². The third-order valence-electron chi connectivity index (χ3n) is 3.06. The van der Waals surface area contributed by atoms with Crippen LogP contribution in [0.1, 0.15) is 22.8 Å². The molecule has 0 radical (unpaired) electrons. The van der Waals surface area contributed by atoms with E-state index in [1.165, 1.54) is 5.56 Å². The van der Waals surface area contributed by atoms with E-state index in [9.17, 15) is 0 Å². The number of hydrogen-bond acceptors (Lipinski definition) is 2. The van der Waals surface area contributed by atoms with Crippen molar-refractivity contribution in [3.05, 3.63) is 52.1 Å². The molecule has 0 fully saturated rings. The van der Waals surface area contributed by atoms with Crippen LogP contribution in [0.3, 0.4) is 0 Å². The average molecular weight is 260 g/mol. The van der Waals surface area contributed by atoms with Crippen molar-refractivity contribution in [3.63, 3.8) is 0 Å². The van der Waals surface area contributed by atoms with Crippen molar-refractivity contribution >= 4 is 11.6 Å². The smallest absolute Gasteiger partial charge is 0.143 e. The Morgan fingerprint density at radius 3 is 2.56 bits per heavy atom. The molecular weight excluding hydrogens is 246 g/mol. The first-order valence-electron chi connectivity index (χ1n) is 5.78. The van der Waals surface area contributed by atoms with E-state index in [1.54, 1.807) is 0 Å². The van der Waals surface area contributed by atoms with Gasteiger partial charge in [-0.15, -0.1) is 0 Å². The van der Waals surface area contributed by atoms with Gasteiger partial charge < -0.3 is 4.57 Å². The Labute approximate surface area is 112 Å². The largest absolute Gasteiger partial charge is 0.323 e. The summed E-state index contributed by atoms with van der Waals surface area (Å²) < 4.78 is 1.83. The molecule has 4 heteroatoms. The van der Waals surface area contributed by atoms with Crippen molar-refractivity contribution < 1.29 is 0 Å². The Balaban J connectivity index is 2.13. The second-order valence-corrected chi connectivity index (χ2v) is 4.69. The highest BCUT2D eigenvalue weighted by Crippen LogP contribution is 2.14. The van der Waals surface area contributed by atoms with Crippen molar-refractivity contribution in [2.24, 2.45) is 7.05 Å². The third-order valence-corrected chi connectivity index (χ3v) is 3.31. The van der Waals surface area contributed by atoms with Gasteiger partial charge in [-0.1, -0.05) is 23.7 Å². The van der Waals surface area contributed by atoms with Crippen molar-refractivity contribution in [2.45, 2.75) is 19.8 Å². The molecule has 0 aliphatic carbocycles. The van der Waals surface area contributed by atoms with Crippen LogP contribution in [0.15, 0.2) is 24.3 Å². The van der Waals surface area contributed by atoms with Crippen LogP contribution < -0.4 is 0 Å². The fourth-order valence-corrected chi connectivity index (χ4v) is 2.03. The SMILES string of the molecule is Cc1nc(CCc2ccc(Cl)cc2)c(C#N)n1C. The molecule has 3 nitrogen and oxygen atoms in total. The summed E-state index contributed by atoms with van der Waals surface area (Å²) >= 11 is 5.84. The first kappa shape index (κ1) is 12.7. The number of imidazole rings is 1. The standard InChI is InChI=1S/C14H14ClN3/c1-10-17-13(14(9-16)18(10)2)8-5-11-3-6-12(15)7-4-11/h3-4,6-7H,5,8H2,1-2H3. The van der Waals surface area contributed by atoms with E-state index in [1.807, 2.05) is 42.8 Å². The molecule has 1 aromatic heterocycles. The van der Waals surface area contributed by atoms with E-state index >= 15 is 0 Å². The zero-order chi connectivity index (χ0) is 13.1. The zero-order valence-corrected chi connectivity index (χ0v) is 11.2. The quantitative estimate of drug-likeness (QED) is 0.850. The maximum Gasteiger partial charge on any atom is 0.143 e. The van der Waals surface area contributed by atoms with Gasteiger partial charge in [-0.3, -0.25) is 0 Å². The molecule has 0 atom stereocenters. The van der Waals surface area contributed by atoms with Gasteiger partial charge in [0.1, 0.15) is 17.6 Å². The van der Waals surface area contributed by atoms with Crippen LogP contribution in [0.4, 0.5) is 0 Å². The number of nitrogens with zero attached hydrogens (tertiary/aromatic N) is 3. The van der Waals surface area contributed by atoms with Gasteiger partial charge in [-0.2, -0.15) is 5.26 Å². The summed E-state index contributed by atoms with van der Waals surface area (Å²) in [5, 5.41) is 9.86. The monoisotopic (exact) mass is 259 g/mol. The third kappa shape index (κ3) is 2.55. The Hall–Kier alpha value is -1.79. The van der Waals surface area contributed by atoms with E-state index in [-0.39, 0.29) is 0 Å². The fourth-order valence-electron chi connectivity index (χ4n) is 1.91. The van der Waals surface area contributed by atoms with Crippen LogP contribution in [0.2, 0.25) is 5.02 Å². The lowest BCUT2D eigenvalue weighted by Gasteiger charge is -2.00. The predicted molar refractivity (Wildman–Crippen MR) is 71.5 cm³/mol. The summed E-state index contributed by atoms with van der Waals surface area (Å²) in [5.41, 5.74) is 2.72. The first-order chi connectivity index (χ1) is 8.61. The molecule has 0 amide bonds. The topological polar surface area (TPSA) is 41.6 Å². The Bertz CT molecular complexity index is 591. The van der Waals surface area contributed by atoms with Gasteiger partial charge in [0.05, 0.1) is 5.69 Å². The molecule has 0 aliphatic heterocycles. The minimum absolute atomic E-state index is 0.654. The van der Waals surface area contributed by atoms with Crippen LogP contribution >= 0.6 is 11.6 Å². The van der Waals surface area contributed by atoms with Crippen LogP contribution in [-0.2, 0) is 19.9 Å². The van der Waals surface area contributed by atoms with E-state index in [4.69, 9.17) is 16.9 Å². The zero-order valence-electron chi connectivity index (χ0n) is 10.4. The van der Waals surface area contributed by atoms with E-state index < -0.39 is 0 Å². The van der Waals surface area contributed by atoms with Crippen molar-refractivity contribution in [2.75, 3.05) is 0 Å². The normalized spacial score (nSPS) is 10.3. The first-order valence-corrected chi connectivity index (χ1v) is 6.16. The molecule has 2 aromatic rings. The summed E-state index contributed by atoms with van der Waals surface area (Å²) in [6.07, 6.45) is 1.63. The molecule has 92 valence electrons. The molecule has 0 saturated heterocycles. The van der Waals surface area contributed by atoms with Gasteiger partial charge in [-0.05, 0) is 37.5 Å². The van der Waals surface area contributed by atoms with Crippen molar-refractivity contribution in [1.29, 1.82) is 5.26 Å². The molecule has 1 heterocycles. The Morgan fingerprint density at radius 1 is 1.28 bits per heavy atom. The summed E-state index contributed by atoms with van der Waals surface area (Å²) in [6, 6.07) is 9.98. The molecule has 0 aliphatic rings. The van der Waals surface area contributed by atoms with Crippen molar-refractivity contribution in [3.8, 4) is 6.07 Å². The lowest BCUT2D eigenvalue weighted by atomic mass is 10.1. The molecule has 0 unspecified atom stereocenters.